The molecule has 2 aromatic rings. The minimum absolute atomic E-state index is 0.0403. The minimum atomic E-state index is -3.51. The highest BCUT2D eigenvalue weighted by Gasteiger charge is 2.19. The molecular weight excluding hydrogens is 407 g/mol. The maximum absolute atomic E-state index is 12.3. The summed E-state index contributed by atoms with van der Waals surface area (Å²) in [6.45, 7) is 0.698. The highest BCUT2D eigenvalue weighted by Crippen LogP contribution is 2.28. The van der Waals surface area contributed by atoms with Crippen molar-refractivity contribution in [3.63, 3.8) is 0 Å². The van der Waals surface area contributed by atoms with Gasteiger partial charge in [0.25, 0.3) is 0 Å². The molecule has 2 rings (SSSR count). The highest BCUT2D eigenvalue weighted by molar-refractivity contribution is 7.92. The van der Waals surface area contributed by atoms with Crippen molar-refractivity contribution in [1.29, 1.82) is 0 Å². The largest absolute Gasteiger partial charge is 0.341 e. The molecule has 0 aliphatic carbocycles. The summed E-state index contributed by atoms with van der Waals surface area (Å²) in [4.78, 5) is 14.0. The predicted octanol–water partition coefficient (Wildman–Crippen LogP) is 4.20. The van der Waals surface area contributed by atoms with E-state index in [0.717, 1.165) is 11.8 Å². The van der Waals surface area contributed by atoms with Crippen molar-refractivity contribution in [2.24, 2.45) is 0 Å². The molecule has 8 heteroatoms. The second-order valence-corrected chi connectivity index (χ2v) is 8.99. The van der Waals surface area contributed by atoms with Crippen molar-refractivity contribution in [3.05, 3.63) is 64.1 Å². The van der Waals surface area contributed by atoms with Crippen LogP contribution in [-0.4, -0.2) is 39.1 Å². The molecule has 0 aliphatic rings. The second kappa shape index (κ2) is 9.44. The standard InChI is InChI=1S/C19H22Cl2N2O3S/c1-22(14-15-7-4-3-5-8-15)19(24)9-6-12-23(27(2,25)26)16-10-11-17(20)18(21)13-16/h3-5,7-8,10-11,13H,6,9,12,14H2,1-2H3. The smallest absolute Gasteiger partial charge is 0.232 e. The third-order valence-electron chi connectivity index (χ3n) is 4.03. The summed E-state index contributed by atoms with van der Waals surface area (Å²) >= 11 is 11.9. The fourth-order valence-electron chi connectivity index (χ4n) is 2.64. The molecule has 0 aromatic heterocycles. The lowest BCUT2D eigenvalue weighted by molar-refractivity contribution is -0.130. The quantitative estimate of drug-likeness (QED) is 0.632. The van der Waals surface area contributed by atoms with Gasteiger partial charge in [0, 0.05) is 26.6 Å². The van der Waals surface area contributed by atoms with Crippen LogP contribution in [0.4, 0.5) is 5.69 Å². The number of sulfonamides is 1. The zero-order chi connectivity index (χ0) is 20.0. The first-order valence-electron chi connectivity index (χ1n) is 8.39. The molecule has 2 aromatic carbocycles. The lowest BCUT2D eigenvalue weighted by Gasteiger charge is -2.23. The monoisotopic (exact) mass is 428 g/mol. The number of anilines is 1. The summed E-state index contributed by atoms with van der Waals surface area (Å²) in [6, 6.07) is 14.3. The van der Waals surface area contributed by atoms with E-state index < -0.39 is 10.0 Å². The number of carbonyl (C=O) groups excluding carboxylic acids is 1. The molecule has 146 valence electrons. The van der Waals surface area contributed by atoms with E-state index >= 15 is 0 Å². The summed E-state index contributed by atoms with van der Waals surface area (Å²) in [5.74, 6) is -0.0403. The van der Waals surface area contributed by atoms with Crippen LogP contribution in [0.5, 0.6) is 0 Å². The number of nitrogens with zero attached hydrogens (tertiary/aromatic N) is 2. The molecule has 27 heavy (non-hydrogen) atoms. The number of halogens is 2. The molecule has 0 saturated heterocycles. The highest BCUT2D eigenvalue weighted by atomic mass is 35.5. The van der Waals surface area contributed by atoms with Gasteiger partial charge in [-0.3, -0.25) is 9.10 Å². The normalized spacial score (nSPS) is 11.3. The van der Waals surface area contributed by atoms with Crippen molar-refractivity contribution >= 4 is 44.8 Å². The van der Waals surface area contributed by atoms with Gasteiger partial charge in [0.05, 0.1) is 22.0 Å². The molecule has 0 bridgehead atoms. The molecule has 0 saturated carbocycles. The Hall–Kier alpha value is -1.76. The zero-order valence-corrected chi connectivity index (χ0v) is 17.6. The third-order valence-corrected chi connectivity index (χ3v) is 5.96. The third kappa shape index (κ3) is 6.41. The molecule has 0 N–H and O–H groups in total. The van der Waals surface area contributed by atoms with Crippen molar-refractivity contribution in [3.8, 4) is 0 Å². The Morgan fingerprint density at radius 1 is 1.04 bits per heavy atom. The van der Waals surface area contributed by atoms with E-state index in [1.165, 1.54) is 10.4 Å². The molecule has 0 radical (unpaired) electrons. The van der Waals surface area contributed by atoms with Crippen LogP contribution in [0, 0.1) is 0 Å². The molecule has 1 amide bonds. The second-order valence-electron chi connectivity index (χ2n) is 6.27. The zero-order valence-electron chi connectivity index (χ0n) is 15.2. The maximum Gasteiger partial charge on any atom is 0.232 e. The van der Waals surface area contributed by atoms with Crippen LogP contribution in [0.25, 0.3) is 0 Å². The SMILES string of the molecule is CN(Cc1ccccc1)C(=O)CCCN(c1ccc(Cl)c(Cl)c1)S(C)(=O)=O. The van der Waals surface area contributed by atoms with Crippen LogP contribution in [0.2, 0.25) is 10.0 Å². The van der Waals surface area contributed by atoms with Gasteiger partial charge in [0.15, 0.2) is 0 Å². The summed E-state index contributed by atoms with van der Waals surface area (Å²) in [5, 5.41) is 0.632. The Morgan fingerprint density at radius 2 is 1.70 bits per heavy atom. The summed E-state index contributed by atoms with van der Waals surface area (Å²) < 4.78 is 25.5. The van der Waals surface area contributed by atoms with Crippen LogP contribution in [0.3, 0.4) is 0 Å². The van der Waals surface area contributed by atoms with E-state index in [9.17, 15) is 13.2 Å². The van der Waals surface area contributed by atoms with E-state index in [1.807, 2.05) is 30.3 Å². The number of rotatable bonds is 8. The number of benzene rings is 2. The molecule has 0 unspecified atom stereocenters. The lowest BCUT2D eigenvalue weighted by atomic mass is 10.2. The van der Waals surface area contributed by atoms with Crippen molar-refractivity contribution in [2.45, 2.75) is 19.4 Å². The minimum Gasteiger partial charge on any atom is -0.341 e. The number of hydrogen-bond acceptors (Lipinski definition) is 3. The Morgan fingerprint density at radius 3 is 2.30 bits per heavy atom. The molecule has 0 aliphatic heterocycles. The number of hydrogen-bond donors (Lipinski definition) is 0. The van der Waals surface area contributed by atoms with Gasteiger partial charge in [-0.15, -0.1) is 0 Å². The number of amides is 1. The molecule has 0 spiro atoms. The van der Waals surface area contributed by atoms with E-state index in [4.69, 9.17) is 23.2 Å². The first-order chi connectivity index (χ1) is 12.7. The van der Waals surface area contributed by atoms with Gasteiger partial charge >= 0.3 is 0 Å². The van der Waals surface area contributed by atoms with Gasteiger partial charge in [-0.1, -0.05) is 53.5 Å². The van der Waals surface area contributed by atoms with Gasteiger partial charge in [0.2, 0.25) is 15.9 Å². The van der Waals surface area contributed by atoms with Crippen molar-refractivity contribution in [2.75, 3.05) is 24.2 Å². The fraction of sp³-hybridized carbons (Fsp3) is 0.316. The molecule has 0 atom stereocenters. The van der Waals surface area contributed by atoms with Gasteiger partial charge < -0.3 is 4.90 Å². The van der Waals surface area contributed by atoms with Gasteiger partial charge in [-0.2, -0.15) is 0 Å². The first-order valence-corrected chi connectivity index (χ1v) is 11.0. The summed E-state index contributed by atoms with van der Waals surface area (Å²) in [5.41, 5.74) is 1.47. The van der Waals surface area contributed by atoms with Gasteiger partial charge in [-0.25, -0.2) is 8.42 Å². The topological polar surface area (TPSA) is 57.7 Å². The summed E-state index contributed by atoms with van der Waals surface area (Å²) in [6.07, 6.45) is 1.76. The van der Waals surface area contributed by atoms with E-state index in [1.54, 1.807) is 24.1 Å². The Kier molecular flexibility index (Phi) is 7.53. The average Bonchev–Trinajstić information content (AvgIpc) is 2.61. The van der Waals surface area contributed by atoms with E-state index in [0.29, 0.717) is 23.7 Å². The molecule has 0 fully saturated rings. The van der Waals surface area contributed by atoms with Crippen molar-refractivity contribution in [1.82, 2.24) is 4.90 Å². The van der Waals surface area contributed by atoms with Crippen LogP contribution in [-0.2, 0) is 21.4 Å². The van der Waals surface area contributed by atoms with Crippen LogP contribution in [0.1, 0.15) is 18.4 Å². The number of carbonyl (C=O) groups is 1. The molecular formula is C19H22Cl2N2O3S. The van der Waals surface area contributed by atoms with Crippen LogP contribution < -0.4 is 4.31 Å². The Labute approximate surface area is 170 Å². The molecule has 5 nitrogen and oxygen atoms in total. The van der Waals surface area contributed by atoms with Crippen LogP contribution >= 0.6 is 23.2 Å². The Balaban J connectivity index is 1.97. The first kappa shape index (κ1) is 21.5. The van der Waals surface area contributed by atoms with Crippen LogP contribution in [0.15, 0.2) is 48.5 Å². The van der Waals surface area contributed by atoms with Crippen molar-refractivity contribution < 1.29 is 13.2 Å². The summed E-state index contributed by atoms with van der Waals surface area (Å²) in [7, 11) is -1.77. The Bertz CT molecular complexity index is 889. The van der Waals surface area contributed by atoms with E-state index in [2.05, 4.69) is 0 Å². The van der Waals surface area contributed by atoms with Gasteiger partial charge in [-0.05, 0) is 30.2 Å². The van der Waals surface area contributed by atoms with E-state index in [-0.39, 0.29) is 23.9 Å². The fourth-order valence-corrected chi connectivity index (χ4v) is 3.89. The lowest BCUT2D eigenvalue weighted by Crippen LogP contribution is -2.32. The molecule has 0 heterocycles. The maximum atomic E-state index is 12.3. The van der Waals surface area contributed by atoms with Gasteiger partial charge in [0.1, 0.15) is 0 Å². The predicted molar refractivity (Wildman–Crippen MR) is 111 cm³/mol. The average molecular weight is 429 g/mol.